The highest BCUT2D eigenvalue weighted by atomic mass is 16.5. The fourth-order valence-corrected chi connectivity index (χ4v) is 3.34. The molecule has 27 heavy (non-hydrogen) atoms. The molecule has 148 valence electrons. The van der Waals surface area contributed by atoms with Gasteiger partial charge in [0.25, 0.3) is 0 Å². The molecular weight excluding hydrogens is 350 g/mol. The lowest BCUT2D eigenvalue weighted by Gasteiger charge is -2.30. The van der Waals surface area contributed by atoms with Gasteiger partial charge in [-0.1, -0.05) is 6.42 Å². The third kappa shape index (κ3) is 4.58. The molecule has 1 saturated carbocycles. The second kappa shape index (κ2) is 8.41. The molecule has 2 N–H and O–H groups in total. The third-order valence-electron chi connectivity index (χ3n) is 5.19. The Morgan fingerprint density at radius 2 is 2.07 bits per heavy atom. The third-order valence-corrected chi connectivity index (χ3v) is 5.19. The van der Waals surface area contributed by atoms with Crippen LogP contribution in [0.5, 0.6) is 0 Å². The number of carbonyl (C=O) groups excluding carboxylic acids is 3. The molecule has 0 unspecified atom stereocenters. The summed E-state index contributed by atoms with van der Waals surface area (Å²) in [5, 5.41) is 9.72. The SMILES string of the molecule is COC(=O)N[C@@H](C)C(=O)NCc1cc2n(n1)CCCN(C(=O)C1CCC1)C2. The Morgan fingerprint density at radius 1 is 1.30 bits per heavy atom. The second-order valence-corrected chi connectivity index (χ2v) is 7.17. The van der Waals surface area contributed by atoms with Gasteiger partial charge in [-0.3, -0.25) is 14.3 Å². The maximum Gasteiger partial charge on any atom is 0.407 e. The standard InChI is InChI=1S/C18H27N5O4/c1-12(20-18(26)27-2)16(24)19-10-14-9-15-11-22(7-4-8-23(15)21-14)17(25)13-5-3-6-13/h9,12-13H,3-8,10-11H2,1-2H3,(H,19,24)(H,20,26)/t12-/m0/s1. The monoisotopic (exact) mass is 377 g/mol. The number of nitrogens with one attached hydrogen (secondary N) is 2. The highest BCUT2D eigenvalue weighted by Gasteiger charge is 2.30. The molecule has 0 spiro atoms. The lowest BCUT2D eigenvalue weighted by Crippen LogP contribution is -2.44. The van der Waals surface area contributed by atoms with Gasteiger partial charge in [0, 0.05) is 19.0 Å². The van der Waals surface area contributed by atoms with E-state index in [0.717, 1.165) is 50.2 Å². The van der Waals surface area contributed by atoms with Gasteiger partial charge in [0.1, 0.15) is 6.04 Å². The van der Waals surface area contributed by atoms with Crippen LogP contribution in [-0.4, -0.2) is 52.3 Å². The van der Waals surface area contributed by atoms with Crippen molar-refractivity contribution in [3.8, 4) is 0 Å². The van der Waals surface area contributed by atoms with E-state index >= 15 is 0 Å². The highest BCUT2D eigenvalue weighted by Crippen LogP contribution is 2.29. The van der Waals surface area contributed by atoms with E-state index in [4.69, 9.17) is 0 Å². The van der Waals surface area contributed by atoms with Crippen molar-refractivity contribution in [3.63, 3.8) is 0 Å². The number of fused-ring (bicyclic) bond motifs is 1. The van der Waals surface area contributed by atoms with E-state index in [1.807, 2.05) is 15.6 Å². The summed E-state index contributed by atoms with van der Waals surface area (Å²) < 4.78 is 6.40. The molecule has 0 bridgehead atoms. The van der Waals surface area contributed by atoms with Gasteiger partial charge < -0.3 is 20.3 Å². The van der Waals surface area contributed by atoms with Crippen LogP contribution in [0.25, 0.3) is 0 Å². The molecule has 1 atom stereocenters. The Bertz CT molecular complexity index is 713. The Morgan fingerprint density at radius 3 is 2.74 bits per heavy atom. The summed E-state index contributed by atoms with van der Waals surface area (Å²) in [6.45, 7) is 3.94. The number of alkyl carbamates (subject to hydrolysis) is 1. The van der Waals surface area contributed by atoms with Gasteiger partial charge in [0.2, 0.25) is 11.8 Å². The van der Waals surface area contributed by atoms with Crippen molar-refractivity contribution in [2.24, 2.45) is 5.92 Å². The number of methoxy groups -OCH3 is 1. The molecule has 1 aliphatic carbocycles. The molecule has 0 aromatic carbocycles. The van der Waals surface area contributed by atoms with Crippen molar-refractivity contribution in [1.29, 1.82) is 0 Å². The van der Waals surface area contributed by atoms with Gasteiger partial charge in [-0.15, -0.1) is 0 Å². The van der Waals surface area contributed by atoms with Crippen molar-refractivity contribution in [3.05, 3.63) is 17.5 Å². The van der Waals surface area contributed by atoms with Crippen LogP contribution in [-0.2, 0) is 34.0 Å². The fourth-order valence-electron chi connectivity index (χ4n) is 3.34. The van der Waals surface area contributed by atoms with E-state index < -0.39 is 12.1 Å². The van der Waals surface area contributed by atoms with Crippen LogP contribution < -0.4 is 10.6 Å². The number of ether oxygens (including phenoxy) is 1. The number of aryl methyl sites for hydroxylation is 1. The first-order valence-corrected chi connectivity index (χ1v) is 9.44. The highest BCUT2D eigenvalue weighted by molar-refractivity contribution is 5.85. The van der Waals surface area contributed by atoms with Gasteiger partial charge in [-0.25, -0.2) is 4.79 Å². The summed E-state index contributed by atoms with van der Waals surface area (Å²) in [7, 11) is 1.25. The smallest absolute Gasteiger partial charge is 0.407 e. The molecule has 1 fully saturated rings. The minimum Gasteiger partial charge on any atom is -0.453 e. The van der Waals surface area contributed by atoms with E-state index in [2.05, 4.69) is 20.5 Å². The molecule has 9 heteroatoms. The molecule has 0 saturated heterocycles. The summed E-state index contributed by atoms with van der Waals surface area (Å²) >= 11 is 0. The first kappa shape index (κ1) is 19.2. The average Bonchev–Trinajstić information content (AvgIpc) is 2.87. The van der Waals surface area contributed by atoms with Crippen molar-refractivity contribution in [2.45, 2.75) is 58.3 Å². The first-order chi connectivity index (χ1) is 13.0. The lowest BCUT2D eigenvalue weighted by atomic mass is 9.84. The van der Waals surface area contributed by atoms with Crippen LogP contribution in [0.15, 0.2) is 6.07 Å². The van der Waals surface area contributed by atoms with Crippen molar-refractivity contribution < 1.29 is 19.1 Å². The normalized spacial score (nSPS) is 17.9. The van der Waals surface area contributed by atoms with E-state index in [0.29, 0.717) is 6.54 Å². The van der Waals surface area contributed by atoms with Gasteiger partial charge in [-0.05, 0) is 32.3 Å². The quantitative estimate of drug-likeness (QED) is 0.789. The zero-order valence-electron chi connectivity index (χ0n) is 15.9. The van der Waals surface area contributed by atoms with Gasteiger partial charge >= 0.3 is 6.09 Å². The van der Waals surface area contributed by atoms with Crippen LogP contribution in [0.2, 0.25) is 0 Å². The molecule has 1 aromatic heterocycles. The molecule has 9 nitrogen and oxygen atoms in total. The van der Waals surface area contributed by atoms with E-state index in [-0.39, 0.29) is 24.3 Å². The Labute approximate surface area is 158 Å². The predicted molar refractivity (Wildman–Crippen MR) is 96.5 cm³/mol. The maximum absolute atomic E-state index is 12.5. The zero-order valence-corrected chi connectivity index (χ0v) is 15.9. The maximum atomic E-state index is 12.5. The number of carbonyl (C=O) groups is 3. The molecule has 0 radical (unpaired) electrons. The van der Waals surface area contributed by atoms with Crippen molar-refractivity contribution in [2.75, 3.05) is 13.7 Å². The number of aromatic nitrogens is 2. The zero-order chi connectivity index (χ0) is 19.4. The molecule has 3 amide bonds. The summed E-state index contributed by atoms with van der Waals surface area (Å²) in [6, 6.07) is 1.24. The molecule has 1 aromatic rings. The average molecular weight is 377 g/mol. The molecule has 2 aliphatic rings. The second-order valence-electron chi connectivity index (χ2n) is 7.17. The van der Waals surface area contributed by atoms with E-state index in [1.54, 1.807) is 6.92 Å². The van der Waals surface area contributed by atoms with Crippen LogP contribution in [0.4, 0.5) is 4.79 Å². The molecular formula is C18H27N5O4. The minimum absolute atomic E-state index is 0.196. The number of hydrogen-bond donors (Lipinski definition) is 2. The number of hydrogen-bond acceptors (Lipinski definition) is 5. The summed E-state index contributed by atoms with van der Waals surface area (Å²) in [4.78, 5) is 37.7. The summed E-state index contributed by atoms with van der Waals surface area (Å²) in [5.41, 5.74) is 1.73. The molecule has 3 rings (SSSR count). The predicted octanol–water partition coefficient (Wildman–Crippen LogP) is 0.776. The Balaban J connectivity index is 1.56. The van der Waals surface area contributed by atoms with E-state index in [9.17, 15) is 14.4 Å². The number of amides is 3. The minimum atomic E-state index is -0.700. The van der Waals surface area contributed by atoms with Crippen LogP contribution in [0, 0.1) is 5.92 Å². The van der Waals surface area contributed by atoms with Crippen LogP contribution in [0.3, 0.4) is 0 Å². The van der Waals surface area contributed by atoms with Crippen LogP contribution in [0.1, 0.15) is 44.0 Å². The Hall–Kier alpha value is -2.58. The fraction of sp³-hybridized carbons (Fsp3) is 0.667. The Kier molecular flexibility index (Phi) is 5.98. The molecule has 1 aliphatic heterocycles. The van der Waals surface area contributed by atoms with Gasteiger partial charge in [0.15, 0.2) is 0 Å². The number of nitrogens with zero attached hydrogens (tertiary/aromatic N) is 3. The van der Waals surface area contributed by atoms with Crippen molar-refractivity contribution in [1.82, 2.24) is 25.3 Å². The topological polar surface area (TPSA) is 106 Å². The van der Waals surface area contributed by atoms with Crippen LogP contribution >= 0.6 is 0 Å². The first-order valence-electron chi connectivity index (χ1n) is 9.44. The molecule has 2 heterocycles. The summed E-state index contributed by atoms with van der Waals surface area (Å²) in [6.07, 6.45) is 3.38. The van der Waals surface area contributed by atoms with Gasteiger partial charge in [-0.2, -0.15) is 5.10 Å². The lowest BCUT2D eigenvalue weighted by molar-refractivity contribution is -0.138. The largest absolute Gasteiger partial charge is 0.453 e. The van der Waals surface area contributed by atoms with Gasteiger partial charge in [0.05, 0.1) is 31.6 Å². The summed E-state index contributed by atoms with van der Waals surface area (Å²) in [5.74, 6) is 0.140. The van der Waals surface area contributed by atoms with Crippen molar-refractivity contribution >= 4 is 17.9 Å². The van der Waals surface area contributed by atoms with E-state index in [1.165, 1.54) is 7.11 Å². The number of rotatable bonds is 5.